The van der Waals surface area contributed by atoms with E-state index in [1.807, 2.05) is 11.9 Å². The topological polar surface area (TPSA) is 141 Å². The second kappa shape index (κ2) is 11.3. The molecule has 3 aromatic rings. The SMILES string of the molecule is C=CC(=O)N1CCN(c2nc(OC[C@@H]3CCCN3C)nc3c(=O)n(-c4c(O)cccc4F)cnc23)C[C@@H]1CC#N. The highest BCUT2D eigenvalue weighted by Gasteiger charge is 2.32. The third-order valence-electron chi connectivity index (χ3n) is 7.42. The maximum absolute atomic E-state index is 14.7. The molecule has 208 valence electrons. The van der Waals surface area contributed by atoms with E-state index >= 15 is 0 Å². The Morgan fingerprint density at radius 1 is 1.27 bits per heavy atom. The van der Waals surface area contributed by atoms with Crippen LogP contribution in [-0.4, -0.2) is 92.2 Å². The van der Waals surface area contributed by atoms with Crippen LogP contribution in [0, 0.1) is 17.1 Å². The average Bonchev–Trinajstić information content (AvgIpc) is 3.37. The quantitative estimate of drug-likeness (QED) is 0.433. The zero-order valence-corrected chi connectivity index (χ0v) is 22.0. The fourth-order valence-electron chi connectivity index (χ4n) is 5.26. The van der Waals surface area contributed by atoms with Crippen molar-refractivity contribution in [1.29, 1.82) is 5.26 Å². The Kier molecular flexibility index (Phi) is 7.61. The predicted molar refractivity (Wildman–Crippen MR) is 144 cm³/mol. The van der Waals surface area contributed by atoms with Crippen LogP contribution < -0.4 is 15.2 Å². The van der Waals surface area contributed by atoms with Crippen LogP contribution in [-0.2, 0) is 4.79 Å². The van der Waals surface area contributed by atoms with Gasteiger partial charge in [0.1, 0.15) is 29.9 Å². The van der Waals surface area contributed by atoms with Gasteiger partial charge >= 0.3 is 6.01 Å². The summed E-state index contributed by atoms with van der Waals surface area (Å²) in [6.07, 6.45) is 4.42. The fourth-order valence-corrected chi connectivity index (χ4v) is 5.26. The molecule has 5 rings (SSSR count). The first-order valence-electron chi connectivity index (χ1n) is 13.0. The number of piperazine rings is 1. The van der Waals surface area contributed by atoms with Crippen molar-refractivity contribution in [2.75, 3.05) is 44.7 Å². The molecule has 2 aliphatic heterocycles. The number of benzene rings is 1. The molecule has 0 bridgehead atoms. The second-order valence-corrected chi connectivity index (χ2v) is 9.84. The number of anilines is 1. The maximum Gasteiger partial charge on any atom is 0.319 e. The lowest BCUT2D eigenvalue weighted by Crippen LogP contribution is -2.55. The number of aromatic nitrogens is 4. The van der Waals surface area contributed by atoms with Crippen molar-refractivity contribution in [2.45, 2.75) is 31.3 Å². The van der Waals surface area contributed by atoms with Crippen LogP contribution in [0.5, 0.6) is 11.8 Å². The number of ether oxygens (including phenoxy) is 1. The molecule has 1 N–H and O–H groups in total. The number of likely N-dealkylation sites (tertiary alicyclic amines) is 1. The highest BCUT2D eigenvalue weighted by Crippen LogP contribution is 2.28. The van der Waals surface area contributed by atoms with Gasteiger partial charge in [0.15, 0.2) is 17.2 Å². The van der Waals surface area contributed by atoms with E-state index in [0.717, 1.165) is 36.3 Å². The van der Waals surface area contributed by atoms with Gasteiger partial charge in [0.05, 0.1) is 18.5 Å². The summed E-state index contributed by atoms with van der Waals surface area (Å²) >= 11 is 0. The number of carbonyl (C=O) groups excluding carboxylic acids is 1. The number of fused-ring (bicyclic) bond motifs is 1. The highest BCUT2D eigenvalue weighted by molar-refractivity contribution is 5.88. The van der Waals surface area contributed by atoms with E-state index < -0.39 is 23.2 Å². The Balaban J connectivity index is 1.60. The molecule has 12 nitrogen and oxygen atoms in total. The van der Waals surface area contributed by atoms with Gasteiger partial charge in [-0.3, -0.25) is 14.2 Å². The number of carbonyl (C=O) groups is 1. The van der Waals surface area contributed by atoms with Crippen LogP contribution in [0.4, 0.5) is 10.2 Å². The van der Waals surface area contributed by atoms with Crippen molar-refractivity contribution in [2.24, 2.45) is 0 Å². The van der Waals surface area contributed by atoms with Crippen LogP contribution in [0.3, 0.4) is 0 Å². The summed E-state index contributed by atoms with van der Waals surface area (Å²) in [4.78, 5) is 45.0. The number of hydrogen-bond acceptors (Lipinski definition) is 10. The zero-order chi connectivity index (χ0) is 28.4. The number of likely N-dealkylation sites (N-methyl/N-ethyl adjacent to an activating group) is 1. The van der Waals surface area contributed by atoms with E-state index in [4.69, 9.17) is 4.74 Å². The normalized spacial score (nSPS) is 19.5. The van der Waals surface area contributed by atoms with Gasteiger partial charge in [-0.1, -0.05) is 12.6 Å². The zero-order valence-electron chi connectivity index (χ0n) is 22.0. The minimum Gasteiger partial charge on any atom is -0.506 e. The summed E-state index contributed by atoms with van der Waals surface area (Å²) in [5, 5.41) is 19.7. The number of aromatic hydroxyl groups is 1. The Hall–Kier alpha value is -4.57. The molecule has 1 amide bonds. The van der Waals surface area contributed by atoms with Crippen molar-refractivity contribution in [3.8, 4) is 23.5 Å². The van der Waals surface area contributed by atoms with Crippen molar-refractivity contribution >= 4 is 22.8 Å². The number of amides is 1. The lowest BCUT2D eigenvalue weighted by Gasteiger charge is -2.40. The minimum atomic E-state index is -0.805. The summed E-state index contributed by atoms with van der Waals surface area (Å²) in [5.41, 5.74) is -1.03. The molecule has 1 aromatic carbocycles. The number of nitriles is 1. The molecule has 2 atom stereocenters. The summed E-state index contributed by atoms with van der Waals surface area (Å²) in [7, 11) is 2.01. The van der Waals surface area contributed by atoms with Gasteiger partial charge in [-0.05, 0) is 44.6 Å². The molecule has 0 aliphatic carbocycles. The van der Waals surface area contributed by atoms with Gasteiger partial charge < -0.3 is 24.5 Å². The summed E-state index contributed by atoms with van der Waals surface area (Å²) in [6, 6.07) is 5.53. The molecule has 13 heteroatoms. The van der Waals surface area contributed by atoms with Gasteiger partial charge in [-0.2, -0.15) is 15.2 Å². The molecule has 2 aromatic heterocycles. The second-order valence-electron chi connectivity index (χ2n) is 9.84. The van der Waals surface area contributed by atoms with Gasteiger partial charge in [0.25, 0.3) is 5.56 Å². The van der Waals surface area contributed by atoms with Crippen LogP contribution in [0.1, 0.15) is 19.3 Å². The summed E-state index contributed by atoms with van der Waals surface area (Å²) < 4.78 is 21.5. The largest absolute Gasteiger partial charge is 0.506 e. The molecule has 2 aliphatic rings. The number of phenols is 1. The van der Waals surface area contributed by atoms with E-state index in [9.17, 15) is 24.3 Å². The number of hydrogen-bond donors (Lipinski definition) is 1. The third-order valence-corrected chi connectivity index (χ3v) is 7.42. The Morgan fingerprint density at radius 3 is 2.80 bits per heavy atom. The smallest absolute Gasteiger partial charge is 0.319 e. The Bertz CT molecular complexity index is 1530. The number of rotatable bonds is 7. The van der Waals surface area contributed by atoms with Crippen molar-refractivity contribution in [3.05, 3.63) is 53.4 Å². The van der Waals surface area contributed by atoms with Crippen molar-refractivity contribution in [3.63, 3.8) is 0 Å². The van der Waals surface area contributed by atoms with Gasteiger partial charge in [-0.25, -0.2) is 9.37 Å². The predicted octanol–water partition coefficient (Wildman–Crippen LogP) is 1.61. The van der Waals surface area contributed by atoms with Crippen molar-refractivity contribution < 1.29 is 19.0 Å². The third kappa shape index (κ3) is 5.05. The van der Waals surface area contributed by atoms with E-state index in [2.05, 4.69) is 32.5 Å². The first-order chi connectivity index (χ1) is 19.3. The molecule has 0 radical (unpaired) electrons. The standard InChI is InChI=1S/C27H29FN8O4/c1-3-21(38)35-13-12-34(14-17(35)9-10-29)25-22-23(31-27(32-25)40-15-18-6-5-11-33(18)2)26(39)36(16-30-22)24-19(28)7-4-8-20(24)37/h3-4,7-8,16-18,37H,1,5-6,9,11-15H2,2H3/t17-,18-/m0/s1. The number of phenolic OH excluding ortho intramolecular Hbond substituents is 1. The molecule has 0 saturated carbocycles. The lowest BCUT2D eigenvalue weighted by molar-refractivity contribution is -0.128. The van der Waals surface area contributed by atoms with Crippen LogP contribution >= 0.6 is 0 Å². The van der Waals surface area contributed by atoms with E-state index in [1.54, 1.807) is 4.90 Å². The minimum absolute atomic E-state index is 0.0429. The molecule has 2 saturated heterocycles. The van der Waals surface area contributed by atoms with Gasteiger partial charge in [0.2, 0.25) is 5.91 Å². The number of halogens is 1. The number of para-hydroxylation sites is 1. The van der Waals surface area contributed by atoms with Crippen LogP contribution in [0.15, 0.2) is 42.0 Å². The van der Waals surface area contributed by atoms with E-state index in [1.165, 1.54) is 18.2 Å². The van der Waals surface area contributed by atoms with Crippen LogP contribution in [0.25, 0.3) is 16.7 Å². The molecule has 40 heavy (non-hydrogen) atoms. The molecular formula is C27H29FN8O4. The molecular weight excluding hydrogens is 519 g/mol. The first-order valence-corrected chi connectivity index (χ1v) is 13.0. The Morgan fingerprint density at radius 2 is 2.10 bits per heavy atom. The molecule has 4 heterocycles. The summed E-state index contributed by atoms with van der Waals surface area (Å²) in [5.74, 6) is -1.21. The van der Waals surface area contributed by atoms with Gasteiger partial charge in [0, 0.05) is 25.7 Å². The lowest BCUT2D eigenvalue weighted by atomic mass is 10.1. The monoisotopic (exact) mass is 548 g/mol. The highest BCUT2D eigenvalue weighted by atomic mass is 19.1. The maximum atomic E-state index is 14.7. The summed E-state index contributed by atoms with van der Waals surface area (Å²) in [6.45, 7) is 5.71. The van der Waals surface area contributed by atoms with E-state index in [-0.39, 0.29) is 47.6 Å². The number of nitrogens with zero attached hydrogens (tertiary/aromatic N) is 8. The van der Waals surface area contributed by atoms with Crippen LogP contribution in [0.2, 0.25) is 0 Å². The fraction of sp³-hybridized carbons (Fsp3) is 0.407. The Labute approximate surface area is 229 Å². The van der Waals surface area contributed by atoms with E-state index in [0.29, 0.717) is 25.5 Å². The van der Waals surface area contributed by atoms with Crippen molar-refractivity contribution in [1.82, 2.24) is 29.3 Å². The van der Waals surface area contributed by atoms with Gasteiger partial charge in [-0.15, -0.1) is 0 Å². The molecule has 0 unspecified atom stereocenters. The molecule has 2 fully saturated rings. The first kappa shape index (κ1) is 27.0. The average molecular weight is 549 g/mol. The molecule has 0 spiro atoms.